The quantitative estimate of drug-likeness (QED) is 0.825. The molecule has 0 aliphatic rings. The molecule has 16 heavy (non-hydrogen) atoms. The predicted octanol–water partition coefficient (Wildman–Crippen LogP) is 1.83. The maximum absolute atomic E-state index is 11.8. The molecule has 0 spiro atoms. The highest BCUT2D eigenvalue weighted by atomic mass is 32.2. The van der Waals surface area contributed by atoms with Crippen LogP contribution in [-0.2, 0) is 9.84 Å². The zero-order valence-electron chi connectivity index (χ0n) is 8.21. The largest absolute Gasteiger partial charge is 0.483 e. The number of halogens is 3. The molecule has 89 valence electrons. The summed E-state index contributed by atoms with van der Waals surface area (Å²) < 4.78 is 61.7. The number of ether oxygens (including phenoxy) is 1. The van der Waals surface area contributed by atoms with E-state index in [0.29, 0.717) is 0 Å². The summed E-state index contributed by atoms with van der Waals surface area (Å²) in [5, 5.41) is 0. The Kier molecular flexibility index (Phi) is 3.47. The smallest absolute Gasteiger partial charge is 0.422 e. The van der Waals surface area contributed by atoms with Crippen molar-refractivity contribution in [2.45, 2.75) is 11.1 Å². The van der Waals surface area contributed by atoms with Gasteiger partial charge in [0.05, 0.1) is 4.90 Å². The van der Waals surface area contributed by atoms with Gasteiger partial charge in [0.2, 0.25) is 0 Å². The Labute approximate surface area is 90.8 Å². The third-order valence-corrected chi connectivity index (χ3v) is 2.69. The fourth-order valence-corrected chi connectivity index (χ4v) is 1.46. The Morgan fingerprint density at radius 2 is 2.00 bits per heavy atom. The molecule has 0 saturated heterocycles. The van der Waals surface area contributed by atoms with E-state index in [9.17, 15) is 21.6 Å². The van der Waals surface area contributed by atoms with E-state index in [2.05, 4.69) is 10.8 Å². The Hall–Kier alpha value is -1.24. The van der Waals surface area contributed by atoms with E-state index >= 15 is 0 Å². The first-order valence-corrected chi connectivity index (χ1v) is 5.99. The van der Waals surface area contributed by atoms with Gasteiger partial charge in [-0.25, -0.2) is 8.42 Å². The highest BCUT2D eigenvalue weighted by Gasteiger charge is 2.28. The maximum Gasteiger partial charge on any atom is 0.422 e. The molecule has 1 aromatic rings. The van der Waals surface area contributed by atoms with Gasteiger partial charge in [-0.05, 0) is 18.2 Å². The Balaban J connectivity index is 2.73. The number of alkyl halides is 3. The molecule has 0 amide bonds. The van der Waals surface area contributed by atoms with E-state index in [0.717, 1.165) is 24.5 Å². The van der Waals surface area contributed by atoms with Gasteiger partial charge in [0, 0.05) is 12.3 Å². The number of benzene rings is 1. The number of hydrogen-bond acceptors (Lipinski definition) is 3. The molecule has 3 nitrogen and oxygen atoms in total. The molecule has 0 bridgehead atoms. The van der Waals surface area contributed by atoms with Crippen molar-refractivity contribution in [2.24, 2.45) is 0 Å². The molecule has 0 unspecified atom stereocenters. The molecule has 0 aliphatic heterocycles. The summed E-state index contributed by atoms with van der Waals surface area (Å²) in [6.07, 6.45) is -3.43. The van der Waals surface area contributed by atoms with E-state index in [-0.39, 0.29) is 10.6 Å². The second kappa shape index (κ2) is 4.32. The Morgan fingerprint density at radius 3 is 2.38 bits per heavy atom. The van der Waals surface area contributed by atoms with E-state index in [1.54, 1.807) is 0 Å². The summed E-state index contributed by atoms with van der Waals surface area (Å²) >= 11 is 0. The highest BCUT2D eigenvalue weighted by molar-refractivity contribution is 7.90. The lowest BCUT2D eigenvalue weighted by molar-refractivity contribution is -0.153. The normalized spacial score (nSPS) is 12.5. The summed E-state index contributed by atoms with van der Waals surface area (Å²) in [5.74, 6) is -0.148. The summed E-state index contributed by atoms with van der Waals surface area (Å²) in [5.41, 5.74) is 0. The molecular weight excluding hydrogens is 245 g/mol. The van der Waals surface area contributed by atoms with Gasteiger partial charge >= 0.3 is 6.18 Å². The zero-order chi connectivity index (χ0) is 12.4. The van der Waals surface area contributed by atoms with Crippen LogP contribution in [0, 0.1) is 6.07 Å². The molecule has 0 atom stereocenters. The van der Waals surface area contributed by atoms with Crippen LogP contribution < -0.4 is 4.74 Å². The van der Waals surface area contributed by atoms with Crippen LogP contribution in [0.3, 0.4) is 0 Å². The minimum absolute atomic E-state index is 0.0214. The van der Waals surface area contributed by atoms with Gasteiger partial charge in [-0.3, -0.25) is 0 Å². The first-order chi connectivity index (χ1) is 7.18. The van der Waals surface area contributed by atoms with Crippen LogP contribution in [0.2, 0.25) is 0 Å². The SMILES string of the molecule is CS(=O)(=O)c1c[c]c(OCC(F)(F)F)cc1. The monoisotopic (exact) mass is 253 g/mol. The second-order valence-corrected chi connectivity index (χ2v) is 5.08. The second-order valence-electron chi connectivity index (χ2n) is 3.06. The molecule has 1 radical (unpaired) electrons. The van der Waals surface area contributed by atoms with Gasteiger partial charge in [-0.1, -0.05) is 0 Å². The number of hydrogen-bond donors (Lipinski definition) is 0. The highest BCUT2D eigenvalue weighted by Crippen LogP contribution is 2.19. The van der Waals surface area contributed by atoms with Crippen molar-refractivity contribution in [2.75, 3.05) is 12.9 Å². The van der Waals surface area contributed by atoms with Crippen LogP contribution in [0.15, 0.2) is 23.1 Å². The average Bonchev–Trinajstić information content (AvgIpc) is 2.13. The molecule has 0 aliphatic carbocycles. The summed E-state index contributed by atoms with van der Waals surface area (Å²) in [7, 11) is -3.37. The van der Waals surface area contributed by atoms with E-state index in [1.807, 2.05) is 0 Å². The first kappa shape index (κ1) is 12.8. The summed E-state index contributed by atoms with van der Waals surface area (Å²) in [6, 6.07) is 5.68. The molecular formula is C9H8F3O3S. The number of sulfone groups is 1. The molecule has 0 heterocycles. The summed E-state index contributed by atoms with van der Waals surface area (Å²) in [4.78, 5) is -0.0214. The Bertz CT molecular complexity index is 448. The lowest BCUT2D eigenvalue weighted by Gasteiger charge is -2.08. The Morgan fingerprint density at radius 1 is 1.38 bits per heavy atom. The third kappa shape index (κ3) is 4.09. The van der Waals surface area contributed by atoms with Crippen LogP contribution >= 0.6 is 0 Å². The zero-order valence-corrected chi connectivity index (χ0v) is 9.02. The van der Waals surface area contributed by atoms with Crippen LogP contribution in [-0.4, -0.2) is 27.5 Å². The summed E-state index contributed by atoms with van der Waals surface area (Å²) in [6.45, 7) is -1.43. The van der Waals surface area contributed by atoms with Crippen molar-refractivity contribution in [1.82, 2.24) is 0 Å². The topological polar surface area (TPSA) is 43.4 Å². The average molecular weight is 253 g/mol. The fourth-order valence-electron chi connectivity index (χ4n) is 0.876. The minimum Gasteiger partial charge on any atom is -0.483 e. The van der Waals surface area contributed by atoms with Crippen LogP contribution in [0.5, 0.6) is 5.75 Å². The van der Waals surface area contributed by atoms with Gasteiger partial charge in [-0.2, -0.15) is 13.2 Å². The van der Waals surface area contributed by atoms with Crippen LogP contribution in [0.25, 0.3) is 0 Å². The van der Waals surface area contributed by atoms with E-state index in [1.165, 1.54) is 0 Å². The van der Waals surface area contributed by atoms with Crippen molar-refractivity contribution in [3.05, 3.63) is 24.3 Å². The molecule has 0 N–H and O–H groups in total. The molecule has 7 heteroatoms. The lowest BCUT2D eigenvalue weighted by atomic mass is 10.3. The van der Waals surface area contributed by atoms with Crippen LogP contribution in [0.1, 0.15) is 0 Å². The van der Waals surface area contributed by atoms with E-state index < -0.39 is 22.6 Å². The van der Waals surface area contributed by atoms with Crippen molar-refractivity contribution in [3.8, 4) is 5.75 Å². The fraction of sp³-hybridized carbons (Fsp3) is 0.333. The predicted molar refractivity (Wildman–Crippen MR) is 49.9 cm³/mol. The standard InChI is InChI=1S/C9H8F3O3S/c1-16(13,14)8-4-2-7(3-5-8)15-6-9(10,11)12/h2,4-5H,6H2,1H3. The number of rotatable bonds is 3. The molecule has 1 rings (SSSR count). The minimum atomic E-state index is -4.43. The molecule has 1 aromatic carbocycles. The van der Waals surface area contributed by atoms with Crippen molar-refractivity contribution >= 4 is 9.84 Å². The van der Waals surface area contributed by atoms with Gasteiger partial charge in [0.25, 0.3) is 0 Å². The van der Waals surface area contributed by atoms with Gasteiger partial charge in [0.15, 0.2) is 16.4 Å². The van der Waals surface area contributed by atoms with Gasteiger partial charge < -0.3 is 4.74 Å². The van der Waals surface area contributed by atoms with Crippen LogP contribution in [0.4, 0.5) is 13.2 Å². The van der Waals surface area contributed by atoms with E-state index in [4.69, 9.17) is 0 Å². The molecule has 0 fully saturated rings. The van der Waals surface area contributed by atoms with Gasteiger partial charge in [-0.15, -0.1) is 0 Å². The maximum atomic E-state index is 11.8. The first-order valence-electron chi connectivity index (χ1n) is 4.10. The lowest BCUT2D eigenvalue weighted by Crippen LogP contribution is -2.19. The van der Waals surface area contributed by atoms with Crippen molar-refractivity contribution in [1.29, 1.82) is 0 Å². The van der Waals surface area contributed by atoms with Crippen molar-refractivity contribution in [3.63, 3.8) is 0 Å². The molecule has 0 aromatic heterocycles. The molecule has 0 saturated carbocycles. The van der Waals surface area contributed by atoms with Crippen molar-refractivity contribution < 1.29 is 26.3 Å². The third-order valence-electron chi connectivity index (χ3n) is 1.58. The van der Waals surface area contributed by atoms with Gasteiger partial charge in [0.1, 0.15) is 5.75 Å².